The summed E-state index contributed by atoms with van der Waals surface area (Å²) in [6.07, 6.45) is 11.5. The maximum absolute atomic E-state index is 11.6. The summed E-state index contributed by atoms with van der Waals surface area (Å²) < 4.78 is 81.1. The fraction of sp³-hybridized carbons (Fsp3) is 0.368. The van der Waals surface area contributed by atoms with Crippen molar-refractivity contribution in [2.24, 2.45) is 0 Å². The van der Waals surface area contributed by atoms with Crippen molar-refractivity contribution >= 4 is 58.0 Å². The van der Waals surface area contributed by atoms with Crippen LogP contribution in [0.5, 0.6) is 23.0 Å². The van der Waals surface area contributed by atoms with Gasteiger partial charge >= 0.3 is 37.7 Å². The molecule has 0 atom stereocenters. The van der Waals surface area contributed by atoms with Gasteiger partial charge in [-0.2, -0.15) is 0 Å². The Morgan fingerprint density at radius 3 is 1.14 bits per heavy atom. The molecule has 0 bridgehead atoms. The molecule has 0 unspecified atom stereocenters. The molecule has 0 aliphatic carbocycles. The minimum atomic E-state index is -4.53. The van der Waals surface area contributed by atoms with Crippen LogP contribution in [-0.2, 0) is 33.1 Å². The van der Waals surface area contributed by atoms with E-state index in [1.54, 1.807) is 48.5 Å². The number of hydrogen-bond donors (Lipinski definition) is 0. The average Bonchev–Trinajstić information content (AvgIpc) is 3.06. The summed E-state index contributed by atoms with van der Waals surface area (Å²) in [6.45, 7) is 4.29. The van der Waals surface area contributed by atoms with Gasteiger partial charge < -0.3 is 18.6 Å². The first-order valence-corrected chi connectivity index (χ1v) is 19.5. The minimum absolute atomic E-state index is 0. The number of hydrogen-bond acceptors (Lipinski definition) is 8. The van der Waals surface area contributed by atoms with Gasteiger partial charge in [0, 0.05) is 11.1 Å². The Balaban J connectivity index is 0.000000333. The van der Waals surface area contributed by atoms with Gasteiger partial charge in [0.2, 0.25) is 0 Å². The molecule has 4 aromatic carbocycles. The van der Waals surface area contributed by atoms with E-state index in [1.807, 2.05) is 36.4 Å². The quantitative estimate of drug-likeness (QED) is 0.0561. The normalized spacial score (nSPS) is 11.2. The molecule has 0 amide bonds. The van der Waals surface area contributed by atoms with Crippen LogP contribution in [-0.4, -0.2) is 63.7 Å². The van der Waals surface area contributed by atoms with E-state index in [0.29, 0.717) is 47.0 Å². The summed E-state index contributed by atoms with van der Waals surface area (Å²) in [7, 11) is -9.05. The van der Waals surface area contributed by atoms with E-state index in [9.17, 15) is 25.9 Å². The molecular weight excluding hydrogens is 689 g/mol. The van der Waals surface area contributed by atoms with Crippen molar-refractivity contribution in [3.05, 3.63) is 108 Å². The fourth-order valence-corrected chi connectivity index (χ4v) is 6.78. The number of rotatable bonds is 18. The summed E-state index contributed by atoms with van der Waals surface area (Å²) in [5.74, 6) is 2.11. The Labute approximate surface area is 322 Å². The molecule has 0 spiro atoms. The van der Waals surface area contributed by atoms with Crippen LogP contribution in [0.25, 0.3) is 0 Å². The van der Waals surface area contributed by atoms with Crippen LogP contribution in [0.4, 0.5) is 0 Å². The van der Waals surface area contributed by atoms with Crippen LogP contribution in [0.2, 0.25) is 0 Å². The van der Waals surface area contributed by atoms with E-state index < -0.39 is 20.2 Å². The number of ether oxygens (including phenoxy) is 2. The van der Waals surface area contributed by atoms with Gasteiger partial charge in [0.25, 0.3) is 0 Å². The smallest absolute Gasteiger partial charge is 0.744 e. The predicted octanol–water partition coefficient (Wildman–Crippen LogP) is 9.41. The molecule has 0 aliphatic rings. The molecule has 0 saturated heterocycles. The Kier molecular flexibility index (Phi) is 19.5. The molecule has 0 heterocycles. The third-order valence-electron chi connectivity index (χ3n) is 7.72. The van der Waals surface area contributed by atoms with Crippen LogP contribution in [0.3, 0.4) is 0 Å². The van der Waals surface area contributed by atoms with Crippen LogP contribution in [0, 0.1) is 0 Å². The van der Waals surface area contributed by atoms with E-state index >= 15 is 0 Å². The zero-order valence-electron chi connectivity index (χ0n) is 28.5. The first-order valence-electron chi connectivity index (χ1n) is 16.7. The van der Waals surface area contributed by atoms with Crippen LogP contribution in [0.15, 0.2) is 107 Å². The molecule has 0 saturated carbocycles. The molecule has 0 fully saturated rings. The third-order valence-corrected chi connectivity index (χ3v) is 9.56. The van der Waals surface area contributed by atoms with Crippen molar-refractivity contribution < 1.29 is 35.4 Å². The van der Waals surface area contributed by atoms with Crippen molar-refractivity contribution in [1.82, 2.24) is 0 Å². The Morgan fingerprint density at radius 2 is 0.816 bits per heavy atom. The molecule has 49 heavy (non-hydrogen) atoms. The second-order valence-electron chi connectivity index (χ2n) is 11.5. The van der Waals surface area contributed by atoms with Crippen LogP contribution >= 0.6 is 0 Å². The largest absolute Gasteiger partial charge is 2.00 e. The second kappa shape index (κ2) is 22.4. The summed E-state index contributed by atoms with van der Waals surface area (Å²) in [4.78, 5) is -0.349. The molecule has 0 N–H and O–H groups in total. The van der Waals surface area contributed by atoms with E-state index in [0.717, 1.165) is 64.2 Å². The summed E-state index contributed by atoms with van der Waals surface area (Å²) in [5.41, 5.74) is 0.959. The zero-order valence-corrected chi connectivity index (χ0v) is 32.4. The first-order chi connectivity index (χ1) is 23.0. The van der Waals surface area contributed by atoms with Gasteiger partial charge in [-0.15, -0.1) is 0 Å². The molecule has 4 aromatic rings. The van der Waals surface area contributed by atoms with Gasteiger partial charge in [0.05, 0.1) is 9.79 Å². The van der Waals surface area contributed by atoms with Gasteiger partial charge in [-0.3, -0.25) is 0 Å². The van der Waals surface area contributed by atoms with Gasteiger partial charge in [-0.25, -0.2) is 16.8 Å². The van der Waals surface area contributed by atoms with E-state index in [2.05, 4.69) is 13.8 Å². The van der Waals surface area contributed by atoms with Crippen molar-refractivity contribution in [2.75, 3.05) is 0 Å². The summed E-state index contributed by atoms with van der Waals surface area (Å²) in [5, 5.41) is 0. The van der Waals surface area contributed by atoms with Crippen molar-refractivity contribution in [3.63, 3.8) is 0 Å². The standard InChI is InChI=1S/2C19H24O4S.Ca/c2*1-2-3-4-5-9-13-17-18(23-16-11-7-6-8-12-16)14-10-15-19(17)24(20,21)22;/h2*6-8,10-12,14-15H,2-5,9,13H2,1H3,(H,20,21,22);/q;;+2/p-2. The molecule has 0 aromatic heterocycles. The maximum atomic E-state index is 11.6. The van der Waals surface area contributed by atoms with Crippen molar-refractivity contribution in [1.29, 1.82) is 0 Å². The summed E-state index contributed by atoms with van der Waals surface area (Å²) in [6, 6.07) is 27.5. The molecule has 0 radical (unpaired) electrons. The Bertz CT molecular complexity index is 1620. The molecule has 260 valence electrons. The topological polar surface area (TPSA) is 133 Å². The first kappa shape index (κ1) is 42.7. The van der Waals surface area contributed by atoms with Crippen molar-refractivity contribution in [2.45, 2.75) is 101 Å². The number of para-hydroxylation sites is 2. The number of benzene rings is 4. The van der Waals surface area contributed by atoms with Gasteiger partial charge in [0.1, 0.15) is 43.2 Å². The molecule has 8 nitrogen and oxygen atoms in total. The van der Waals surface area contributed by atoms with Crippen LogP contribution < -0.4 is 9.47 Å². The van der Waals surface area contributed by atoms with Crippen LogP contribution in [0.1, 0.15) is 89.2 Å². The van der Waals surface area contributed by atoms with Gasteiger partial charge in [-0.1, -0.05) is 114 Å². The average molecular weight is 735 g/mol. The van der Waals surface area contributed by atoms with E-state index in [1.165, 1.54) is 12.1 Å². The molecule has 4 rings (SSSR count). The summed E-state index contributed by atoms with van der Waals surface area (Å²) >= 11 is 0. The number of unbranched alkanes of at least 4 members (excludes halogenated alkanes) is 8. The fourth-order valence-electron chi connectivity index (χ4n) is 5.29. The zero-order chi connectivity index (χ0) is 34.8. The van der Waals surface area contributed by atoms with Crippen molar-refractivity contribution in [3.8, 4) is 23.0 Å². The van der Waals surface area contributed by atoms with E-state index in [-0.39, 0.29) is 47.5 Å². The van der Waals surface area contributed by atoms with Gasteiger partial charge in [-0.05, 0) is 74.2 Å². The Hall–Kier alpha value is -2.44. The second-order valence-corrected chi connectivity index (χ2v) is 14.2. The Morgan fingerprint density at radius 1 is 0.469 bits per heavy atom. The maximum Gasteiger partial charge on any atom is 2.00 e. The molecule has 11 heteroatoms. The molecular formula is C38H46CaO8S2. The van der Waals surface area contributed by atoms with E-state index in [4.69, 9.17) is 9.47 Å². The molecule has 0 aliphatic heterocycles. The minimum Gasteiger partial charge on any atom is -0.744 e. The third kappa shape index (κ3) is 15.1. The SMILES string of the molecule is CCCCCCCc1c(Oc2ccccc2)cccc1S(=O)(=O)[O-].CCCCCCCc1c(Oc2ccccc2)cccc1S(=O)(=O)[O-].[Ca+2]. The van der Waals surface area contributed by atoms with Gasteiger partial charge in [0.15, 0.2) is 0 Å². The monoisotopic (exact) mass is 734 g/mol. The predicted molar refractivity (Wildman–Crippen MR) is 193 cm³/mol.